The van der Waals surface area contributed by atoms with Crippen LogP contribution in [0.1, 0.15) is 29.8 Å². The van der Waals surface area contributed by atoms with Crippen LogP contribution >= 0.6 is 0 Å². The van der Waals surface area contributed by atoms with Crippen molar-refractivity contribution in [1.82, 2.24) is 14.8 Å². The first kappa shape index (κ1) is 18.5. The summed E-state index contributed by atoms with van der Waals surface area (Å²) in [5.74, 6) is -1.13. The maximum absolute atomic E-state index is 13.9. The second-order valence-corrected chi connectivity index (χ2v) is 7.01. The van der Waals surface area contributed by atoms with Gasteiger partial charge in [0.1, 0.15) is 5.82 Å². The third-order valence-corrected chi connectivity index (χ3v) is 4.88. The van der Waals surface area contributed by atoms with Crippen molar-refractivity contribution >= 4 is 5.91 Å². The predicted molar refractivity (Wildman–Crippen MR) is 100 cm³/mol. The molecule has 2 N–H and O–H groups in total. The fourth-order valence-electron chi connectivity index (χ4n) is 3.37. The first-order valence-electron chi connectivity index (χ1n) is 8.95. The van der Waals surface area contributed by atoms with Gasteiger partial charge in [-0.3, -0.25) is 19.6 Å². The summed E-state index contributed by atoms with van der Waals surface area (Å²) in [7, 11) is 0. The molecular weight excluding hydrogens is 331 g/mol. The summed E-state index contributed by atoms with van der Waals surface area (Å²) in [6, 6.07) is 8.61. The van der Waals surface area contributed by atoms with E-state index in [9.17, 15) is 9.18 Å². The fraction of sp³-hybridized carbons (Fsp3) is 0.400. The number of nitrogens with zero attached hydrogens (tertiary/aromatic N) is 3. The molecule has 0 unspecified atom stereocenters. The first-order chi connectivity index (χ1) is 12.4. The quantitative estimate of drug-likeness (QED) is 0.894. The molecule has 0 saturated carbocycles. The van der Waals surface area contributed by atoms with Crippen LogP contribution in [0.2, 0.25) is 0 Å². The maximum Gasteiger partial charge on any atom is 0.248 e. The SMILES string of the molecule is CC(C)N1CCN(Cc2cccnc2-c2cc(F)cc(C(N)=O)c2)CC1. The van der Waals surface area contributed by atoms with E-state index in [-0.39, 0.29) is 5.56 Å². The zero-order valence-electron chi connectivity index (χ0n) is 15.3. The third kappa shape index (κ3) is 4.26. The van der Waals surface area contributed by atoms with Crippen LogP contribution in [0.4, 0.5) is 4.39 Å². The number of aromatic nitrogens is 1. The highest BCUT2D eigenvalue weighted by Crippen LogP contribution is 2.25. The van der Waals surface area contributed by atoms with Crippen molar-refractivity contribution in [1.29, 1.82) is 0 Å². The molecular formula is C20H25FN4O. The van der Waals surface area contributed by atoms with Gasteiger partial charge in [0, 0.05) is 56.1 Å². The summed E-state index contributed by atoms with van der Waals surface area (Å²) in [6.07, 6.45) is 1.68. The van der Waals surface area contributed by atoms with Crippen LogP contribution in [0, 0.1) is 5.82 Å². The van der Waals surface area contributed by atoms with Crippen molar-refractivity contribution in [2.45, 2.75) is 26.4 Å². The second kappa shape index (κ2) is 7.93. The number of hydrogen-bond acceptors (Lipinski definition) is 4. The van der Waals surface area contributed by atoms with E-state index in [2.05, 4.69) is 28.6 Å². The van der Waals surface area contributed by atoms with Gasteiger partial charge >= 0.3 is 0 Å². The van der Waals surface area contributed by atoms with Gasteiger partial charge in [-0.05, 0) is 43.7 Å². The number of primary amides is 1. The lowest BCUT2D eigenvalue weighted by atomic mass is 10.0. The van der Waals surface area contributed by atoms with E-state index in [1.165, 1.54) is 6.07 Å². The van der Waals surface area contributed by atoms with Crippen LogP contribution in [0.15, 0.2) is 36.5 Å². The average molecular weight is 356 g/mol. The minimum Gasteiger partial charge on any atom is -0.366 e. The number of amides is 1. The molecule has 0 bridgehead atoms. The number of rotatable bonds is 5. The smallest absolute Gasteiger partial charge is 0.248 e. The zero-order chi connectivity index (χ0) is 18.7. The standard InChI is InChI=1S/C20H25FN4O/c1-14(2)25-8-6-24(7-9-25)13-15-4-3-5-23-19(15)16-10-17(20(22)26)12-18(21)11-16/h3-5,10-12,14H,6-9,13H2,1-2H3,(H2,22,26). The summed E-state index contributed by atoms with van der Waals surface area (Å²) in [5, 5.41) is 0. The molecule has 2 heterocycles. The average Bonchev–Trinajstić information content (AvgIpc) is 2.62. The van der Waals surface area contributed by atoms with Crippen molar-refractivity contribution in [2.24, 2.45) is 5.73 Å². The summed E-state index contributed by atoms with van der Waals surface area (Å²) >= 11 is 0. The van der Waals surface area contributed by atoms with E-state index < -0.39 is 11.7 Å². The lowest BCUT2D eigenvalue weighted by Gasteiger charge is -2.37. The van der Waals surface area contributed by atoms with E-state index in [1.807, 2.05) is 12.1 Å². The van der Waals surface area contributed by atoms with E-state index >= 15 is 0 Å². The predicted octanol–water partition coefficient (Wildman–Crippen LogP) is 2.51. The Morgan fingerprint density at radius 3 is 2.62 bits per heavy atom. The van der Waals surface area contributed by atoms with Crippen molar-refractivity contribution in [3.63, 3.8) is 0 Å². The van der Waals surface area contributed by atoms with Crippen molar-refractivity contribution in [2.75, 3.05) is 26.2 Å². The summed E-state index contributed by atoms with van der Waals surface area (Å²) in [4.78, 5) is 20.7. The number of hydrogen-bond donors (Lipinski definition) is 1. The molecule has 0 radical (unpaired) electrons. The maximum atomic E-state index is 13.9. The number of nitrogens with two attached hydrogens (primary N) is 1. The Morgan fingerprint density at radius 1 is 1.23 bits per heavy atom. The molecule has 0 spiro atoms. The molecule has 0 atom stereocenters. The van der Waals surface area contributed by atoms with Gasteiger partial charge in [-0.25, -0.2) is 4.39 Å². The highest BCUT2D eigenvalue weighted by atomic mass is 19.1. The third-order valence-electron chi connectivity index (χ3n) is 4.88. The van der Waals surface area contributed by atoms with Gasteiger partial charge in [0.15, 0.2) is 0 Å². The van der Waals surface area contributed by atoms with Gasteiger partial charge in [-0.1, -0.05) is 6.07 Å². The van der Waals surface area contributed by atoms with Crippen LogP contribution in [-0.4, -0.2) is 52.9 Å². The molecule has 26 heavy (non-hydrogen) atoms. The van der Waals surface area contributed by atoms with Gasteiger partial charge in [0.2, 0.25) is 5.91 Å². The van der Waals surface area contributed by atoms with Gasteiger partial charge in [0.05, 0.1) is 5.69 Å². The molecule has 1 aliphatic rings. The van der Waals surface area contributed by atoms with E-state index in [4.69, 9.17) is 5.73 Å². The Balaban J connectivity index is 1.82. The van der Waals surface area contributed by atoms with Crippen molar-refractivity contribution < 1.29 is 9.18 Å². The molecule has 1 amide bonds. The van der Waals surface area contributed by atoms with E-state index in [0.29, 0.717) is 17.3 Å². The lowest BCUT2D eigenvalue weighted by Crippen LogP contribution is -2.48. The van der Waals surface area contributed by atoms with Crippen molar-refractivity contribution in [3.05, 3.63) is 53.5 Å². The number of carbonyl (C=O) groups is 1. The number of carbonyl (C=O) groups excluding carboxylic acids is 1. The van der Waals surface area contributed by atoms with Crippen LogP contribution < -0.4 is 5.73 Å². The molecule has 3 rings (SSSR count). The van der Waals surface area contributed by atoms with Gasteiger partial charge in [0.25, 0.3) is 0 Å². The molecule has 5 nitrogen and oxygen atoms in total. The summed E-state index contributed by atoms with van der Waals surface area (Å²) in [5.41, 5.74) is 7.76. The minimum atomic E-state index is -0.645. The normalized spacial score (nSPS) is 16.2. The Hall–Kier alpha value is -2.31. The Kier molecular flexibility index (Phi) is 5.64. The molecule has 6 heteroatoms. The highest BCUT2D eigenvalue weighted by Gasteiger charge is 2.20. The minimum absolute atomic E-state index is 0.155. The second-order valence-electron chi connectivity index (χ2n) is 7.01. The monoisotopic (exact) mass is 356 g/mol. The van der Waals surface area contributed by atoms with Crippen LogP contribution in [0.3, 0.4) is 0 Å². The molecule has 1 aliphatic heterocycles. The first-order valence-corrected chi connectivity index (χ1v) is 8.95. The van der Waals surface area contributed by atoms with Gasteiger partial charge < -0.3 is 5.73 Å². The van der Waals surface area contributed by atoms with E-state index in [1.54, 1.807) is 12.3 Å². The fourth-order valence-corrected chi connectivity index (χ4v) is 3.37. The molecule has 1 fully saturated rings. The Labute approximate surface area is 153 Å². The summed E-state index contributed by atoms with van der Waals surface area (Å²) in [6.45, 7) is 9.24. The Morgan fingerprint density at radius 2 is 1.96 bits per heavy atom. The molecule has 1 saturated heterocycles. The molecule has 0 aliphatic carbocycles. The van der Waals surface area contributed by atoms with Crippen molar-refractivity contribution in [3.8, 4) is 11.3 Å². The number of pyridine rings is 1. The van der Waals surface area contributed by atoms with Crippen LogP contribution in [0.25, 0.3) is 11.3 Å². The molecule has 1 aromatic heterocycles. The number of benzene rings is 1. The van der Waals surface area contributed by atoms with E-state index in [0.717, 1.165) is 44.4 Å². The molecule has 2 aromatic rings. The Bertz CT molecular complexity index is 785. The lowest BCUT2D eigenvalue weighted by molar-refractivity contribution is 0.1000. The number of piperazine rings is 1. The highest BCUT2D eigenvalue weighted by molar-refractivity contribution is 5.94. The van der Waals surface area contributed by atoms with Gasteiger partial charge in [-0.15, -0.1) is 0 Å². The zero-order valence-corrected chi connectivity index (χ0v) is 15.3. The van der Waals surface area contributed by atoms with Gasteiger partial charge in [-0.2, -0.15) is 0 Å². The van der Waals surface area contributed by atoms with Crippen LogP contribution in [-0.2, 0) is 6.54 Å². The molecule has 1 aromatic carbocycles. The topological polar surface area (TPSA) is 62.5 Å². The summed E-state index contributed by atoms with van der Waals surface area (Å²) < 4.78 is 13.9. The largest absolute Gasteiger partial charge is 0.366 e. The number of halogens is 1. The van der Waals surface area contributed by atoms with Crippen LogP contribution in [0.5, 0.6) is 0 Å². The molecule has 138 valence electrons.